The fraction of sp³-hybridized carbons (Fsp3) is 0.240. The summed E-state index contributed by atoms with van der Waals surface area (Å²) in [5.74, 6) is 1.44. The third-order valence-corrected chi connectivity index (χ3v) is 4.82. The van der Waals surface area contributed by atoms with Crippen LogP contribution in [0.4, 0.5) is 0 Å². The third kappa shape index (κ3) is 5.61. The maximum absolute atomic E-state index is 11.3. The minimum atomic E-state index is -0.206. The first-order chi connectivity index (χ1) is 14.1. The van der Waals surface area contributed by atoms with Crippen molar-refractivity contribution in [2.24, 2.45) is 0 Å². The van der Waals surface area contributed by atoms with Crippen molar-refractivity contribution in [1.82, 2.24) is 0 Å². The molecule has 3 rings (SSSR count). The van der Waals surface area contributed by atoms with Gasteiger partial charge in [0.15, 0.2) is 0 Å². The lowest BCUT2D eigenvalue weighted by atomic mass is 9.98. The van der Waals surface area contributed by atoms with Gasteiger partial charge in [0.2, 0.25) is 0 Å². The van der Waals surface area contributed by atoms with Crippen molar-refractivity contribution < 1.29 is 19.0 Å². The van der Waals surface area contributed by atoms with E-state index in [-0.39, 0.29) is 5.97 Å². The minimum absolute atomic E-state index is 0.206. The predicted octanol–water partition coefficient (Wildman–Crippen LogP) is 5.36. The molecule has 4 heteroatoms. The topological polar surface area (TPSA) is 44.8 Å². The zero-order valence-electron chi connectivity index (χ0n) is 17.1. The fourth-order valence-electron chi connectivity index (χ4n) is 3.24. The number of hydrogen-bond donors (Lipinski definition) is 0. The van der Waals surface area contributed by atoms with Crippen molar-refractivity contribution in [2.75, 3.05) is 14.2 Å². The molecule has 3 aromatic rings. The van der Waals surface area contributed by atoms with Crippen LogP contribution in [0.2, 0.25) is 0 Å². The van der Waals surface area contributed by atoms with Gasteiger partial charge in [-0.15, -0.1) is 0 Å². The molecule has 0 aromatic heterocycles. The largest absolute Gasteiger partial charge is 0.497 e. The normalized spacial score (nSPS) is 10.4. The number of benzene rings is 3. The minimum Gasteiger partial charge on any atom is -0.497 e. The number of ether oxygens (including phenoxy) is 3. The van der Waals surface area contributed by atoms with E-state index in [1.807, 2.05) is 42.5 Å². The quantitative estimate of drug-likeness (QED) is 0.486. The van der Waals surface area contributed by atoms with E-state index in [1.54, 1.807) is 7.11 Å². The summed E-state index contributed by atoms with van der Waals surface area (Å²) in [4.78, 5) is 11.3. The van der Waals surface area contributed by atoms with Gasteiger partial charge in [-0.3, -0.25) is 4.79 Å². The summed E-state index contributed by atoms with van der Waals surface area (Å²) in [6, 6.07) is 22.3. The highest BCUT2D eigenvalue weighted by atomic mass is 16.5. The van der Waals surface area contributed by atoms with E-state index in [2.05, 4.69) is 31.2 Å². The summed E-state index contributed by atoms with van der Waals surface area (Å²) in [5.41, 5.74) is 5.66. The van der Waals surface area contributed by atoms with E-state index in [4.69, 9.17) is 14.2 Å². The molecule has 0 spiro atoms. The van der Waals surface area contributed by atoms with E-state index < -0.39 is 0 Å². The van der Waals surface area contributed by atoms with Gasteiger partial charge in [-0.05, 0) is 65.4 Å². The summed E-state index contributed by atoms with van der Waals surface area (Å²) in [6.45, 7) is 2.59. The molecule has 0 aliphatic carbocycles. The highest BCUT2D eigenvalue weighted by Crippen LogP contribution is 2.28. The molecule has 0 N–H and O–H groups in total. The van der Waals surface area contributed by atoms with Crippen LogP contribution in [0.15, 0.2) is 66.7 Å². The second-order valence-electron chi connectivity index (χ2n) is 6.89. The Balaban J connectivity index is 1.65. The summed E-state index contributed by atoms with van der Waals surface area (Å²) >= 11 is 0. The molecule has 0 saturated heterocycles. The highest BCUT2D eigenvalue weighted by Gasteiger charge is 2.06. The SMILES string of the molecule is COC(=O)CCc1cccc(OCc2ccc(-c3cccc(OC)c3)c(C)c2)c1. The Morgan fingerprint density at radius 3 is 2.41 bits per heavy atom. The van der Waals surface area contributed by atoms with Crippen LogP contribution in [-0.4, -0.2) is 20.2 Å². The van der Waals surface area contributed by atoms with Gasteiger partial charge >= 0.3 is 5.97 Å². The number of rotatable bonds is 8. The summed E-state index contributed by atoms with van der Waals surface area (Å²) in [5, 5.41) is 0. The average Bonchev–Trinajstić information content (AvgIpc) is 2.76. The van der Waals surface area contributed by atoms with E-state index >= 15 is 0 Å². The monoisotopic (exact) mass is 390 g/mol. The number of aryl methyl sites for hydroxylation is 2. The van der Waals surface area contributed by atoms with E-state index in [9.17, 15) is 4.79 Å². The Morgan fingerprint density at radius 2 is 1.66 bits per heavy atom. The molecular weight excluding hydrogens is 364 g/mol. The molecule has 0 aliphatic rings. The van der Waals surface area contributed by atoms with Gasteiger partial charge < -0.3 is 14.2 Å². The molecule has 4 nitrogen and oxygen atoms in total. The van der Waals surface area contributed by atoms with Crippen LogP contribution in [0.3, 0.4) is 0 Å². The van der Waals surface area contributed by atoms with E-state index in [0.717, 1.165) is 28.2 Å². The van der Waals surface area contributed by atoms with Crippen LogP contribution in [0.5, 0.6) is 11.5 Å². The summed E-state index contributed by atoms with van der Waals surface area (Å²) in [7, 11) is 3.08. The van der Waals surface area contributed by atoms with Crippen LogP contribution in [-0.2, 0) is 22.6 Å². The first-order valence-electron chi connectivity index (χ1n) is 9.61. The molecule has 3 aromatic carbocycles. The Hall–Kier alpha value is -3.27. The lowest BCUT2D eigenvalue weighted by Crippen LogP contribution is -2.02. The lowest BCUT2D eigenvalue weighted by molar-refractivity contribution is -0.140. The van der Waals surface area contributed by atoms with E-state index in [0.29, 0.717) is 19.4 Å². The number of esters is 1. The summed E-state index contributed by atoms with van der Waals surface area (Å²) < 4.78 is 16.0. The van der Waals surface area contributed by atoms with Crippen LogP contribution < -0.4 is 9.47 Å². The molecule has 0 saturated carbocycles. The Morgan fingerprint density at radius 1 is 0.862 bits per heavy atom. The van der Waals surface area contributed by atoms with Gasteiger partial charge in [-0.1, -0.05) is 42.5 Å². The van der Waals surface area contributed by atoms with Crippen LogP contribution in [0.25, 0.3) is 11.1 Å². The molecule has 0 bridgehead atoms. The van der Waals surface area contributed by atoms with Crippen molar-refractivity contribution in [1.29, 1.82) is 0 Å². The van der Waals surface area contributed by atoms with Crippen molar-refractivity contribution in [2.45, 2.75) is 26.4 Å². The van der Waals surface area contributed by atoms with Gasteiger partial charge in [-0.2, -0.15) is 0 Å². The fourth-order valence-corrected chi connectivity index (χ4v) is 3.24. The zero-order valence-corrected chi connectivity index (χ0v) is 17.1. The number of hydrogen-bond acceptors (Lipinski definition) is 4. The van der Waals surface area contributed by atoms with Gasteiger partial charge in [0.1, 0.15) is 18.1 Å². The molecule has 0 fully saturated rings. The maximum atomic E-state index is 11.3. The number of carbonyl (C=O) groups excluding carboxylic acids is 1. The average molecular weight is 390 g/mol. The molecule has 29 heavy (non-hydrogen) atoms. The molecule has 0 unspecified atom stereocenters. The number of carbonyl (C=O) groups is 1. The Kier molecular flexibility index (Phi) is 6.90. The lowest BCUT2D eigenvalue weighted by Gasteiger charge is -2.12. The van der Waals surface area contributed by atoms with Crippen LogP contribution in [0.1, 0.15) is 23.1 Å². The predicted molar refractivity (Wildman–Crippen MR) is 114 cm³/mol. The molecule has 0 aliphatic heterocycles. The highest BCUT2D eigenvalue weighted by molar-refractivity contribution is 5.69. The van der Waals surface area contributed by atoms with E-state index in [1.165, 1.54) is 18.2 Å². The smallest absolute Gasteiger partial charge is 0.305 e. The third-order valence-electron chi connectivity index (χ3n) is 4.82. The van der Waals surface area contributed by atoms with Gasteiger partial charge in [-0.25, -0.2) is 0 Å². The van der Waals surface area contributed by atoms with Crippen molar-refractivity contribution in [3.63, 3.8) is 0 Å². The first-order valence-corrected chi connectivity index (χ1v) is 9.61. The maximum Gasteiger partial charge on any atom is 0.305 e. The van der Waals surface area contributed by atoms with Gasteiger partial charge in [0.05, 0.1) is 14.2 Å². The first kappa shape index (κ1) is 20.5. The second kappa shape index (κ2) is 9.78. The molecule has 0 amide bonds. The standard InChI is InChI=1S/C25H26O4/c1-18-14-20(10-12-24(18)21-7-5-8-22(16-21)27-2)17-29-23-9-4-6-19(15-23)11-13-25(26)28-3/h4-10,12,14-16H,11,13,17H2,1-3H3. The molecular formula is C25H26O4. The van der Waals surface area contributed by atoms with Gasteiger partial charge in [0, 0.05) is 6.42 Å². The Labute approximate surface area is 172 Å². The molecule has 0 radical (unpaired) electrons. The van der Waals surface area contributed by atoms with Gasteiger partial charge in [0.25, 0.3) is 0 Å². The van der Waals surface area contributed by atoms with Crippen LogP contribution in [0, 0.1) is 6.92 Å². The molecule has 150 valence electrons. The molecule has 0 heterocycles. The summed E-state index contributed by atoms with van der Waals surface area (Å²) in [6.07, 6.45) is 1.00. The van der Waals surface area contributed by atoms with Crippen molar-refractivity contribution in [3.05, 3.63) is 83.4 Å². The molecule has 0 atom stereocenters. The second-order valence-corrected chi connectivity index (χ2v) is 6.89. The Bertz CT molecular complexity index is 978. The van der Waals surface area contributed by atoms with Crippen molar-refractivity contribution >= 4 is 5.97 Å². The van der Waals surface area contributed by atoms with Crippen molar-refractivity contribution in [3.8, 4) is 22.6 Å². The zero-order chi connectivity index (χ0) is 20.6. The number of methoxy groups -OCH3 is 2. The van der Waals surface area contributed by atoms with Crippen LogP contribution >= 0.6 is 0 Å².